The average Bonchev–Trinajstić information content (AvgIpc) is 2.59. The van der Waals surface area contributed by atoms with Gasteiger partial charge in [-0.1, -0.05) is 32.0 Å². The van der Waals surface area contributed by atoms with E-state index in [-0.39, 0.29) is 22.9 Å². The van der Waals surface area contributed by atoms with E-state index < -0.39 is 17.5 Å². The Hall–Kier alpha value is -3.09. The average molecular weight is 357 g/mol. The van der Waals surface area contributed by atoms with E-state index in [0.29, 0.717) is 23.4 Å². The lowest BCUT2D eigenvalue weighted by Gasteiger charge is -2.13. The van der Waals surface area contributed by atoms with Crippen LogP contribution in [0, 0.1) is 17.6 Å². The molecule has 0 unspecified atom stereocenters. The van der Waals surface area contributed by atoms with E-state index in [2.05, 4.69) is 10.4 Å². The van der Waals surface area contributed by atoms with E-state index in [9.17, 15) is 18.4 Å². The van der Waals surface area contributed by atoms with Crippen LogP contribution in [0.15, 0.2) is 47.3 Å². The van der Waals surface area contributed by atoms with Crippen LogP contribution >= 0.6 is 0 Å². The van der Waals surface area contributed by atoms with Crippen LogP contribution in [0.4, 0.5) is 14.5 Å². The number of halogens is 2. The summed E-state index contributed by atoms with van der Waals surface area (Å²) in [7, 11) is 0. The Kier molecular flexibility index (Phi) is 4.79. The van der Waals surface area contributed by atoms with Gasteiger partial charge >= 0.3 is 0 Å². The Labute approximate surface area is 148 Å². The molecule has 26 heavy (non-hydrogen) atoms. The molecular formula is C19H17F2N3O2. The van der Waals surface area contributed by atoms with Crippen LogP contribution in [0.3, 0.4) is 0 Å². The van der Waals surface area contributed by atoms with Crippen LogP contribution in [0.1, 0.15) is 24.3 Å². The van der Waals surface area contributed by atoms with E-state index >= 15 is 0 Å². The Morgan fingerprint density at radius 2 is 1.85 bits per heavy atom. The first kappa shape index (κ1) is 17.7. The Morgan fingerprint density at radius 1 is 1.15 bits per heavy atom. The molecule has 1 N–H and O–H groups in total. The SMILES string of the molecule is CC(C)Cn1nc(C(=O)Nc2ccc(F)cc2F)c2ccccc2c1=O. The van der Waals surface area contributed by atoms with E-state index in [1.54, 1.807) is 24.3 Å². The molecule has 0 spiro atoms. The maximum Gasteiger partial charge on any atom is 0.276 e. The van der Waals surface area contributed by atoms with Crippen molar-refractivity contribution in [2.75, 3.05) is 5.32 Å². The zero-order valence-electron chi connectivity index (χ0n) is 14.3. The number of fused-ring (bicyclic) bond motifs is 1. The number of hydrogen-bond acceptors (Lipinski definition) is 3. The summed E-state index contributed by atoms with van der Waals surface area (Å²) in [6.07, 6.45) is 0. The molecule has 1 aromatic heterocycles. The minimum atomic E-state index is -0.891. The summed E-state index contributed by atoms with van der Waals surface area (Å²) in [5, 5.41) is 7.29. The van der Waals surface area contributed by atoms with Crippen LogP contribution in [-0.4, -0.2) is 15.7 Å². The van der Waals surface area contributed by atoms with Gasteiger partial charge in [0.2, 0.25) is 0 Å². The van der Waals surface area contributed by atoms with Gasteiger partial charge in [0.15, 0.2) is 5.69 Å². The van der Waals surface area contributed by atoms with Crippen LogP contribution in [-0.2, 0) is 6.54 Å². The number of benzene rings is 2. The number of carbonyl (C=O) groups is 1. The third-order valence-electron chi connectivity index (χ3n) is 3.80. The Morgan fingerprint density at radius 3 is 2.50 bits per heavy atom. The maximum absolute atomic E-state index is 13.8. The lowest BCUT2D eigenvalue weighted by atomic mass is 10.1. The van der Waals surface area contributed by atoms with Gasteiger partial charge < -0.3 is 5.32 Å². The van der Waals surface area contributed by atoms with Gasteiger partial charge in [0.05, 0.1) is 11.1 Å². The summed E-state index contributed by atoms with van der Waals surface area (Å²) in [6, 6.07) is 9.47. The normalized spacial score (nSPS) is 11.1. The zero-order valence-corrected chi connectivity index (χ0v) is 14.3. The van der Waals surface area contributed by atoms with Crippen molar-refractivity contribution >= 4 is 22.4 Å². The molecule has 0 aliphatic carbocycles. The number of hydrogen-bond donors (Lipinski definition) is 1. The Balaban J connectivity index is 2.09. The molecule has 0 radical (unpaired) electrons. The molecule has 1 amide bonds. The number of rotatable bonds is 4. The lowest BCUT2D eigenvalue weighted by Crippen LogP contribution is -2.29. The molecule has 0 saturated heterocycles. The highest BCUT2D eigenvalue weighted by molar-refractivity contribution is 6.11. The van der Waals surface area contributed by atoms with Crippen LogP contribution in [0.2, 0.25) is 0 Å². The van der Waals surface area contributed by atoms with Gasteiger partial charge in [0.1, 0.15) is 11.6 Å². The van der Waals surface area contributed by atoms with Crippen molar-refractivity contribution in [2.24, 2.45) is 5.92 Å². The highest BCUT2D eigenvalue weighted by atomic mass is 19.1. The van der Waals surface area contributed by atoms with Gasteiger partial charge in [-0.3, -0.25) is 9.59 Å². The summed E-state index contributed by atoms with van der Waals surface area (Å²) in [6.45, 7) is 4.20. The van der Waals surface area contributed by atoms with E-state index in [0.717, 1.165) is 12.1 Å². The number of carbonyl (C=O) groups excluding carboxylic acids is 1. The fourth-order valence-corrected chi connectivity index (χ4v) is 2.64. The van der Waals surface area contributed by atoms with Gasteiger partial charge in [0.25, 0.3) is 11.5 Å². The first-order valence-corrected chi connectivity index (χ1v) is 8.13. The standard InChI is InChI=1S/C19H17F2N3O2/c1-11(2)10-24-19(26)14-6-4-3-5-13(14)17(23-24)18(25)22-16-8-7-12(20)9-15(16)21/h3-9,11H,10H2,1-2H3,(H,22,25). The second-order valence-corrected chi connectivity index (χ2v) is 6.35. The molecule has 2 aromatic carbocycles. The van der Waals surface area contributed by atoms with E-state index in [1.807, 2.05) is 13.8 Å². The second-order valence-electron chi connectivity index (χ2n) is 6.35. The molecule has 0 atom stereocenters. The molecule has 134 valence electrons. The van der Waals surface area contributed by atoms with Crippen LogP contribution < -0.4 is 10.9 Å². The van der Waals surface area contributed by atoms with Gasteiger partial charge in [0, 0.05) is 18.0 Å². The molecule has 0 saturated carbocycles. The summed E-state index contributed by atoms with van der Waals surface area (Å²) in [5.41, 5.74) is -0.452. The lowest BCUT2D eigenvalue weighted by molar-refractivity contribution is 0.102. The molecular weight excluding hydrogens is 340 g/mol. The molecule has 1 heterocycles. The highest BCUT2D eigenvalue weighted by Gasteiger charge is 2.18. The van der Waals surface area contributed by atoms with Crippen molar-refractivity contribution in [1.82, 2.24) is 9.78 Å². The second kappa shape index (κ2) is 7.03. The third kappa shape index (κ3) is 3.46. The molecule has 3 aromatic rings. The minimum absolute atomic E-state index is 0.00424. The van der Waals surface area contributed by atoms with Gasteiger partial charge in [-0.25, -0.2) is 13.5 Å². The van der Waals surface area contributed by atoms with Gasteiger partial charge in [-0.05, 0) is 24.1 Å². The first-order chi connectivity index (χ1) is 12.4. The van der Waals surface area contributed by atoms with Gasteiger partial charge in [-0.15, -0.1) is 0 Å². The van der Waals surface area contributed by atoms with E-state index in [1.165, 1.54) is 4.68 Å². The van der Waals surface area contributed by atoms with Crippen molar-refractivity contribution in [2.45, 2.75) is 20.4 Å². The fraction of sp³-hybridized carbons (Fsp3) is 0.211. The largest absolute Gasteiger partial charge is 0.318 e. The number of nitrogens with zero attached hydrogens (tertiary/aromatic N) is 2. The number of nitrogens with one attached hydrogen (secondary N) is 1. The van der Waals surface area contributed by atoms with Crippen LogP contribution in [0.5, 0.6) is 0 Å². The number of amides is 1. The van der Waals surface area contributed by atoms with Crippen molar-refractivity contribution in [1.29, 1.82) is 0 Å². The summed E-state index contributed by atoms with van der Waals surface area (Å²) >= 11 is 0. The predicted octanol–water partition coefficient (Wildman–Crippen LogP) is 3.58. The van der Waals surface area contributed by atoms with Crippen molar-refractivity contribution in [3.63, 3.8) is 0 Å². The number of aromatic nitrogens is 2. The zero-order chi connectivity index (χ0) is 18.8. The summed E-state index contributed by atoms with van der Waals surface area (Å²) in [5.74, 6) is -2.16. The van der Waals surface area contributed by atoms with Gasteiger partial charge in [-0.2, -0.15) is 5.10 Å². The van der Waals surface area contributed by atoms with Crippen molar-refractivity contribution < 1.29 is 13.6 Å². The summed E-state index contributed by atoms with van der Waals surface area (Å²) < 4.78 is 28.1. The number of anilines is 1. The molecule has 0 fully saturated rings. The third-order valence-corrected chi connectivity index (χ3v) is 3.80. The fourth-order valence-electron chi connectivity index (χ4n) is 2.64. The first-order valence-electron chi connectivity index (χ1n) is 8.13. The van der Waals surface area contributed by atoms with Crippen molar-refractivity contribution in [3.05, 3.63) is 70.1 Å². The maximum atomic E-state index is 13.8. The topological polar surface area (TPSA) is 64.0 Å². The summed E-state index contributed by atoms with van der Waals surface area (Å²) in [4.78, 5) is 25.2. The molecule has 5 nitrogen and oxygen atoms in total. The smallest absolute Gasteiger partial charge is 0.276 e. The molecule has 7 heteroatoms. The van der Waals surface area contributed by atoms with E-state index in [4.69, 9.17) is 0 Å². The Bertz CT molecular complexity index is 1040. The minimum Gasteiger partial charge on any atom is -0.318 e. The quantitative estimate of drug-likeness (QED) is 0.776. The highest BCUT2D eigenvalue weighted by Crippen LogP contribution is 2.18. The van der Waals surface area contributed by atoms with Crippen molar-refractivity contribution in [3.8, 4) is 0 Å². The van der Waals surface area contributed by atoms with Crippen LogP contribution in [0.25, 0.3) is 10.8 Å². The monoisotopic (exact) mass is 357 g/mol. The predicted molar refractivity (Wildman–Crippen MR) is 95.2 cm³/mol. The molecule has 0 aliphatic rings. The molecule has 3 rings (SSSR count). The molecule has 0 bridgehead atoms. The molecule has 0 aliphatic heterocycles.